The Labute approximate surface area is 198 Å². The molecule has 0 unspecified atom stereocenters. The first-order valence-corrected chi connectivity index (χ1v) is 11.1. The molecule has 2 aromatic rings. The minimum absolute atomic E-state index is 0.0622. The first kappa shape index (κ1) is 26.9. The molecule has 0 aromatic heterocycles. The van der Waals surface area contributed by atoms with Gasteiger partial charge in [0.1, 0.15) is 0 Å². The summed E-state index contributed by atoms with van der Waals surface area (Å²) in [6, 6.07) is 10.5. The van der Waals surface area contributed by atoms with E-state index in [1.807, 2.05) is 12.1 Å². The molecule has 10 nitrogen and oxygen atoms in total. The number of aliphatic hydroxyl groups is 2. The Bertz CT molecular complexity index is 919. The van der Waals surface area contributed by atoms with Crippen LogP contribution in [0.2, 0.25) is 0 Å². The van der Waals surface area contributed by atoms with Crippen LogP contribution in [0.5, 0.6) is 0 Å². The molecule has 1 aliphatic rings. The number of rotatable bonds is 12. The monoisotopic (exact) mass is 472 g/mol. The summed E-state index contributed by atoms with van der Waals surface area (Å²) in [7, 11) is 0. The predicted octanol–water partition coefficient (Wildman–Crippen LogP) is 0.541. The SMILES string of the molecule is CC(=O)O.O=C1c2ccccc2C(=O)c2c(NCCNCCO)ccc(NCCNCCO)c21. The van der Waals surface area contributed by atoms with Gasteiger partial charge in [-0.25, -0.2) is 0 Å². The molecule has 0 saturated carbocycles. The molecule has 0 heterocycles. The van der Waals surface area contributed by atoms with Crippen molar-refractivity contribution >= 4 is 28.9 Å². The lowest BCUT2D eigenvalue weighted by atomic mass is 9.82. The second kappa shape index (κ2) is 14.1. The van der Waals surface area contributed by atoms with Gasteiger partial charge < -0.3 is 36.6 Å². The quantitative estimate of drug-likeness (QED) is 0.185. The van der Waals surface area contributed by atoms with E-state index < -0.39 is 5.97 Å². The number of hydrogen-bond donors (Lipinski definition) is 7. The highest BCUT2D eigenvalue weighted by atomic mass is 16.4. The van der Waals surface area contributed by atoms with Crippen molar-refractivity contribution in [3.05, 3.63) is 58.7 Å². The van der Waals surface area contributed by atoms with Crippen molar-refractivity contribution in [3.8, 4) is 0 Å². The van der Waals surface area contributed by atoms with Crippen molar-refractivity contribution in [1.29, 1.82) is 0 Å². The summed E-state index contributed by atoms with van der Waals surface area (Å²) >= 11 is 0. The molecule has 10 heteroatoms. The second-order valence-corrected chi connectivity index (χ2v) is 7.43. The number of carboxylic acid groups (broad SMARTS) is 1. The number of aliphatic carboxylic acids is 1. The molecule has 0 atom stereocenters. The van der Waals surface area contributed by atoms with E-state index in [4.69, 9.17) is 20.1 Å². The Morgan fingerprint density at radius 1 is 0.706 bits per heavy atom. The van der Waals surface area contributed by atoms with Gasteiger partial charge in [-0.15, -0.1) is 0 Å². The zero-order chi connectivity index (χ0) is 24.9. The van der Waals surface area contributed by atoms with Crippen LogP contribution < -0.4 is 21.3 Å². The number of carbonyl (C=O) groups excluding carboxylic acids is 2. The fourth-order valence-electron chi connectivity index (χ4n) is 3.50. The number of aliphatic hydroxyl groups excluding tert-OH is 2. The first-order chi connectivity index (χ1) is 16.4. The Kier molecular flexibility index (Phi) is 11.1. The summed E-state index contributed by atoms with van der Waals surface area (Å²) in [5.74, 6) is -1.18. The van der Waals surface area contributed by atoms with Gasteiger partial charge in [0.25, 0.3) is 5.97 Å². The van der Waals surface area contributed by atoms with Gasteiger partial charge in [0.15, 0.2) is 11.6 Å². The average Bonchev–Trinajstić information content (AvgIpc) is 2.82. The molecule has 0 radical (unpaired) electrons. The molecule has 1 aliphatic carbocycles. The molecular formula is C24H32N4O6. The number of anilines is 2. The summed E-state index contributed by atoms with van der Waals surface area (Å²) in [6.07, 6.45) is 0. The maximum Gasteiger partial charge on any atom is 0.300 e. The summed E-state index contributed by atoms with van der Waals surface area (Å²) < 4.78 is 0. The molecule has 0 aliphatic heterocycles. The van der Waals surface area contributed by atoms with Crippen LogP contribution in [0.15, 0.2) is 36.4 Å². The number of hydrogen-bond acceptors (Lipinski definition) is 9. The van der Waals surface area contributed by atoms with Crippen LogP contribution >= 0.6 is 0 Å². The van der Waals surface area contributed by atoms with E-state index in [-0.39, 0.29) is 24.8 Å². The zero-order valence-corrected chi connectivity index (χ0v) is 19.2. The number of nitrogens with one attached hydrogen (secondary N) is 4. The van der Waals surface area contributed by atoms with Gasteiger partial charge in [-0.05, 0) is 12.1 Å². The van der Waals surface area contributed by atoms with E-state index in [9.17, 15) is 9.59 Å². The van der Waals surface area contributed by atoms with Crippen LogP contribution in [0.25, 0.3) is 0 Å². The summed E-state index contributed by atoms with van der Waals surface area (Å²) in [6.45, 7) is 4.53. The van der Waals surface area contributed by atoms with Crippen LogP contribution in [0.4, 0.5) is 11.4 Å². The van der Waals surface area contributed by atoms with Crippen LogP contribution in [-0.4, -0.2) is 85.3 Å². The van der Waals surface area contributed by atoms with Gasteiger partial charge in [-0.1, -0.05) is 24.3 Å². The lowest BCUT2D eigenvalue weighted by Gasteiger charge is -2.24. The van der Waals surface area contributed by atoms with Crippen LogP contribution in [-0.2, 0) is 4.79 Å². The number of ketones is 2. The third-order valence-corrected chi connectivity index (χ3v) is 4.89. The van der Waals surface area contributed by atoms with Gasteiger partial charge in [0, 0.05) is 68.7 Å². The van der Waals surface area contributed by atoms with E-state index in [0.29, 0.717) is 72.9 Å². The minimum atomic E-state index is -0.833. The standard InChI is InChI=1S/C22H28N4O4.C2H4O2/c27-13-11-23-7-9-25-17-5-6-18(26-10-8-24-12-14-28)20-19(17)21(29)15-3-1-2-4-16(15)22(20)30;1-2(3)4/h1-6,23-28H,7-14H2;1H3,(H,3,4). The highest BCUT2D eigenvalue weighted by Gasteiger charge is 2.33. The van der Waals surface area contributed by atoms with Crippen molar-refractivity contribution < 1.29 is 29.7 Å². The molecule has 184 valence electrons. The minimum Gasteiger partial charge on any atom is -0.481 e. The molecule has 0 fully saturated rings. The lowest BCUT2D eigenvalue weighted by molar-refractivity contribution is -0.134. The van der Waals surface area contributed by atoms with Crippen molar-refractivity contribution in [2.75, 3.05) is 63.1 Å². The third kappa shape index (κ3) is 7.35. The largest absolute Gasteiger partial charge is 0.481 e. The van der Waals surface area contributed by atoms with Crippen molar-refractivity contribution in [2.45, 2.75) is 6.92 Å². The van der Waals surface area contributed by atoms with Crippen LogP contribution in [0.1, 0.15) is 38.8 Å². The Balaban J connectivity index is 0.000000945. The van der Waals surface area contributed by atoms with Gasteiger partial charge in [-0.2, -0.15) is 0 Å². The van der Waals surface area contributed by atoms with Gasteiger partial charge in [0.05, 0.1) is 24.3 Å². The van der Waals surface area contributed by atoms with Crippen molar-refractivity contribution in [3.63, 3.8) is 0 Å². The molecule has 2 aromatic carbocycles. The maximum atomic E-state index is 13.3. The highest BCUT2D eigenvalue weighted by Crippen LogP contribution is 2.36. The molecule has 0 saturated heterocycles. The van der Waals surface area contributed by atoms with E-state index in [2.05, 4.69) is 21.3 Å². The molecule has 3 rings (SSSR count). The Morgan fingerprint density at radius 2 is 1.09 bits per heavy atom. The first-order valence-electron chi connectivity index (χ1n) is 11.1. The number of benzene rings is 2. The van der Waals surface area contributed by atoms with E-state index >= 15 is 0 Å². The number of fused-ring (bicyclic) bond motifs is 2. The molecule has 0 spiro atoms. The molecular weight excluding hydrogens is 440 g/mol. The normalized spacial score (nSPS) is 11.7. The topological polar surface area (TPSA) is 160 Å². The summed E-state index contributed by atoms with van der Waals surface area (Å²) in [5.41, 5.74) is 2.83. The Hall–Kier alpha value is -3.31. The third-order valence-electron chi connectivity index (χ3n) is 4.89. The fourth-order valence-corrected chi connectivity index (χ4v) is 3.50. The average molecular weight is 473 g/mol. The van der Waals surface area contributed by atoms with Crippen LogP contribution in [0, 0.1) is 0 Å². The van der Waals surface area contributed by atoms with E-state index in [0.717, 1.165) is 6.92 Å². The van der Waals surface area contributed by atoms with Gasteiger partial charge >= 0.3 is 0 Å². The molecule has 7 N–H and O–H groups in total. The summed E-state index contributed by atoms with van der Waals surface area (Å²) in [5, 5.41) is 37.8. The van der Waals surface area contributed by atoms with E-state index in [1.165, 1.54) is 0 Å². The lowest BCUT2D eigenvalue weighted by Crippen LogP contribution is -2.28. The molecule has 0 amide bonds. The highest BCUT2D eigenvalue weighted by molar-refractivity contribution is 6.31. The summed E-state index contributed by atoms with van der Waals surface area (Å²) in [4.78, 5) is 35.5. The zero-order valence-electron chi connectivity index (χ0n) is 19.2. The molecule has 34 heavy (non-hydrogen) atoms. The number of carboxylic acids is 1. The number of carbonyl (C=O) groups is 3. The maximum absolute atomic E-state index is 13.3. The van der Waals surface area contributed by atoms with Crippen LogP contribution in [0.3, 0.4) is 0 Å². The van der Waals surface area contributed by atoms with Crippen molar-refractivity contribution in [1.82, 2.24) is 10.6 Å². The van der Waals surface area contributed by atoms with Crippen molar-refractivity contribution in [2.24, 2.45) is 0 Å². The second-order valence-electron chi connectivity index (χ2n) is 7.43. The molecule has 0 bridgehead atoms. The Morgan fingerprint density at radius 3 is 1.44 bits per heavy atom. The van der Waals surface area contributed by atoms with Gasteiger partial charge in [-0.3, -0.25) is 14.4 Å². The smallest absolute Gasteiger partial charge is 0.300 e. The van der Waals surface area contributed by atoms with E-state index in [1.54, 1.807) is 24.3 Å². The van der Waals surface area contributed by atoms with Gasteiger partial charge in [0.2, 0.25) is 0 Å². The fraction of sp³-hybridized carbons (Fsp3) is 0.375. The predicted molar refractivity (Wildman–Crippen MR) is 130 cm³/mol.